The summed E-state index contributed by atoms with van der Waals surface area (Å²) in [6.45, 7) is 6.69. The minimum Gasteiger partial charge on any atom is -0.372 e. The third-order valence-electron chi connectivity index (χ3n) is 5.25. The highest BCUT2D eigenvalue weighted by Crippen LogP contribution is 2.42. The predicted octanol–water partition coefficient (Wildman–Crippen LogP) is 2.27. The highest BCUT2D eigenvalue weighted by molar-refractivity contribution is 5.24. The molecule has 0 aliphatic carbocycles. The Balaban J connectivity index is 1.26. The minimum atomic E-state index is 0.0462. The molecule has 2 aromatic rings. The van der Waals surface area contributed by atoms with Gasteiger partial charge >= 0.3 is 0 Å². The standard InChI is InChI=1S/C19H25N5O/c1-15-10-22-18(23-11-15)21-8-5-16-6-9-25-19(16)13-24(14-19)12-17-4-2-3-7-20-17/h2-4,7,10-11,16H,5-6,8-9,12-14H2,1H3,(H,21,22,23). The van der Waals surface area contributed by atoms with Gasteiger partial charge in [0.05, 0.1) is 11.3 Å². The number of nitrogens with one attached hydrogen (secondary N) is 1. The van der Waals surface area contributed by atoms with Gasteiger partial charge < -0.3 is 10.1 Å². The molecule has 1 unspecified atom stereocenters. The summed E-state index contributed by atoms with van der Waals surface area (Å²) < 4.78 is 6.15. The lowest BCUT2D eigenvalue weighted by Gasteiger charge is -2.50. The molecule has 4 rings (SSSR count). The molecule has 2 aliphatic rings. The van der Waals surface area contributed by atoms with Crippen LogP contribution < -0.4 is 5.32 Å². The normalized spacial score (nSPS) is 22.0. The molecule has 1 atom stereocenters. The van der Waals surface area contributed by atoms with Crippen molar-refractivity contribution in [3.05, 3.63) is 48.0 Å². The molecule has 0 bridgehead atoms. The van der Waals surface area contributed by atoms with E-state index in [9.17, 15) is 0 Å². The van der Waals surface area contributed by atoms with Gasteiger partial charge in [0.25, 0.3) is 0 Å². The molecule has 0 radical (unpaired) electrons. The van der Waals surface area contributed by atoms with Crippen molar-refractivity contribution in [1.29, 1.82) is 0 Å². The Bertz CT molecular complexity index is 685. The van der Waals surface area contributed by atoms with Gasteiger partial charge in [-0.1, -0.05) is 6.07 Å². The average molecular weight is 339 g/mol. The van der Waals surface area contributed by atoms with Crippen molar-refractivity contribution in [3.63, 3.8) is 0 Å². The Morgan fingerprint density at radius 3 is 2.84 bits per heavy atom. The Morgan fingerprint density at radius 2 is 2.08 bits per heavy atom. The average Bonchev–Trinajstić information content (AvgIpc) is 3.01. The van der Waals surface area contributed by atoms with Crippen LogP contribution in [0, 0.1) is 12.8 Å². The fourth-order valence-corrected chi connectivity index (χ4v) is 3.93. The van der Waals surface area contributed by atoms with Gasteiger partial charge in [0.15, 0.2) is 0 Å². The molecule has 1 N–H and O–H groups in total. The van der Waals surface area contributed by atoms with E-state index in [1.807, 2.05) is 37.6 Å². The van der Waals surface area contributed by atoms with E-state index in [-0.39, 0.29) is 5.60 Å². The van der Waals surface area contributed by atoms with Gasteiger partial charge in [-0.15, -0.1) is 0 Å². The van der Waals surface area contributed by atoms with Crippen molar-refractivity contribution < 1.29 is 4.74 Å². The Kier molecular flexibility index (Phi) is 4.63. The van der Waals surface area contributed by atoms with Crippen LogP contribution in [0.5, 0.6) is 0 Å². The minimum absolute atomic E-state index is 0.0462. The molecule has 2 fully saturated rings. The van der Waals surface area contributed by atoms with E-state index in [1.165, 1.54) is 0 Å². The quantitative estimate of drug-likeness (QED) is 0.871. The zero-order valence-electron chi connectivity index (χ0n) is 14.7. The maximum Gasteiger partial charge on any atom is 0.222 e. The lowest BCUT2D eigenvalue weighted by molar-refractivity contribution is -0.136. The zero-order chi connectivity index (χ0) is 17.1. The van der Waals surface area contributed by atoms with Crippen molar-refractivity contribution in [1.82, 2.24) is 19.9 Å². The first kappa shape index (κ1) is 16.4. The number of aryl methyl sites for hydroxylation is 1. The molecule has 6 nitrogen and oxygen atoms in total. The van der Waals surface area contributed by atoms with Gasteiger partial charge in [0.1, 0.15) is 0 Å². The number of anilines is 1. The molecular formula is C19H25N5O. The summed E-state index contributed by atoms with van der Waals surface area (Å²) in [5.41, 5.74) is 2.26. The van der Waals surface area contributed by atoms with E-state index < -0.39 is 0 Å². The monoisotopic (exact) mass is 339 g/mol. The topological polar surface area (TPSA) is 63.2 Å². The van der Waals surface area contributed by atoms with Crippen molar-refractivity contribution in [2.45, 2.75) is 31.9 Å². The second-order valence-corrected chi connectivity index (χ2v) is 7.16. The first-order chi connectivity index (χ1) is 12.2. The van der Waals surface area contributed by atoms with Gasteiger partial charge in [0, 0.05) is 51.4 Å². The van der Waals surface area contributed by atoms with Crippen molar-refractivity contribution in [3.8, 4) is 0 Å². The van der Waals surface area contributed by atoms with E-state index in [1.54, 1.807) is 0 Å². The molecule has 0 amide bonds. The molecule has 6 heteroatoms. The summed E-state index contributed by atoms with van der Waals surface area (Å²) in [6, 6.07) is 6.09. The second-order valence-electron chi connectivity index (χ2n) is 7.16. The first-order valence-corrected chi connectivity index (χ1v) is 9.02. The molecule has 0 aromatic carbocycles. The maximum atomic E-state index is 6.15. The SMILES string of the molecule is Cc1cnc(NCCC2CCOC23CN(Cc2ccccn2)C3)nc1. The number of nitrogens with zero attached hydrogens (tertiary/aromatic N) is 4. The van der Waals surface area contributed by atoms with Crippen molar-refractivity contribution >= 4 is 5.95 Å². The van der Waals surface area contributed by atoms with E-state index in [2.05, 4.69) is 31.2 Å². The van der Waals surface area contributed by atoms with Crippen molar-refractivity contribution in [2.24, 2.45) is 5.92 Å². The van der Waals surface area contributed by atoms with Gasteiger partial charge in [0.2, 0.25) is 5.95 Å². The molecule has 2 saturated heterocycles. The molecule has 132 valence electrons. The zero-order valence-corrected chi connectivity index (χ0v) is 14.7. The van der Waals surface area contributed by atoms with Crippen LogP contribution in [0.1, 0.15) is 24.1 Å². The summed E-state index contributed by atoms with van der Waals surface area (Å²) in [5, 5.41) is 3.33. The highest BCUT2D eigenvalue weighted by atomic mass is 16.5. The van der Waals surface area contributed by atoms with E-state index in [0.717, 1.165) is 56.9 Å². The van der Waals surface area contributed by atoms with Crippen LogP contribution in [-0.4, -0.2) is 51.7 Å². The smallest absolute Gasteiger partial charge is 0.222 e. The number of hydrogen-bond acceptors (Lipinski definition) is 6. The molecule has 4 heterocycles. The molecule has 2 aromatic heterocycles. The van der Waals surface area contributed by atoms with Crippen LogP contribution in [0.15, 0.2) is 36.8 Å². The third-order valence-corrected chi connectivity index (χ3v) is 5.25. The summed E-state index contributed by atoms with van der Waals surface area (Å²) in [6.07, 6.45) is 7.79. The Hall–Kier alpha value is -2.05. The van der Waals surface area contributed by atoms with Gasteiger partial charge in [-0.25, -0.2) is 9.97 Å². The Morgan fingerprint density at radius 1 is 1.24 bits per heavy atom. The third kappa shape index (κ3) is 3.65. The summed E-state index contributed by atoms with van der Waals surface area (Å²) in [5.74, 6) is 1.31. The molecule has 25 heavy (non-hydrogen) atoms. The summed E-state index contributed by atoms with van der Waals surface area (Å²) >= 11 is 0. The van der Waals surface area contributed by atoms with Gasteiger partial charge in [-0.05, 0) is 43.4 Å². The lowest BCUT2D eigenvalue weighted by atomic mass is 9.79. The molecular weight excluding hydrogens is 314 g/mol. The maximum absolute atomic E-state index is 6.15. The van der Waals surface area contributed by atoms with E-state index >= 15 is 0 Å². The first-order valence-electron chi connectivity index (χ1n) is 9.02. The van der Waals surface area contributed by atoms with E-state index in [4.69, 9.17) is 4.74 Å². The van der Waals surface area contributed by atoms with Gasteiger partial charge in [-0.2, -0.15) is 0 Å². The largest absolute Gasteiger partial charge is 0.372 e. The van der Waals surface area contributed by atoms with Crippen LogP contribution >= 0.6 is 0 Å². The molecule has 2 aliphatic heterocycles. The fourth-order valence-electron chi connectivity index (χ4n) is 3.93. The predicted molar refractivity (Wildman–Crippen MR) is 96.2 cm³/mol. The molecule has 0 saturated carbocycles. The number of hydrogen-bond donors (Lipinski definition) is 1. The number of aromatic nitrogens is 3. The summed E-state index contributed by atoms with van der Waals surface area (Å²) in [7, 11) is 0. The number of rotatable bonds is 6. The van der Waals surface area contributed by atoms with Crippen LogP contribution in [-0.2, 0) is 11.3 Å². The van der Waals surface area contributed by atoms with Crippen LogP contribution in [0.25, 0.3) is 0 Å². The fraction of sp³-hybridized carbons (Fsp3) is 0.526. The van der Waals surface area contributed by atoms with Crippen LogP contribution in [0.4, 0.5) is 5.95 Å². The van der Waals surface area contributed by atoms with Crippen LogP contribution in [0.2, 0.25) is 0 Å². The lowest BCUT2D eigenvalue weighted by Crippen LogP contribution is -2.64. The van der Waals surface area contributed by atoms with Crippen LogP contribution in [0.3, 0.4) is 0 Å². The highest BCUT2D eigenvalue weighted by Gasteiger charge is 2.52. The number of pyridine rings is 1. The van der Waals surface area contributed by atoms with Gasteiger partial charge in [-0.3, -0.25) is 9.88 Å². The molecule has 1 spiro atoms. The second kappa shape index (κ2) is 7.06. The van der Waals surface area contributed by atoms with Crippen molar-refractivity contribution in [2.75, 3.05) is 31.6 Å². The summed E-state index contributed by atoms with van der Waals surface area (Å²) in [4.78, 5) is 15.5. The van der Waals surface area contributed by atoms with E-state index in [0.29, 0.717) is 11.9 Å². The Labute approximate surface area is 148 Å². The number of likely N-dealkylation sites (tertiary alicyclic amines) is 1. The number of ether oxygens (including phenoxy) is 1.